The minimum Gasteiger partial charge on any atom is -0.465 e. The Morgan fingerprint density at radius 3 is 2.82 bits per heavy atom. The second-order valence-electron chi connectivity index (χ2n) is 2.47. The molecule has 62 valence electrons. The van der Waals surface area contributed by atoms with Crippen molar-refractivity contribution in [1.82, 2.24) is 5.32 Å². The zero-order valence-electron chi connectivity index (χ0n) is 6.03. The van der Waals surface area contributed by atoms with Crippen molar-refractivity contribution in [2.45, 2.75) is 13.0 Å². The largest absolute Gasteiger partial charge is 0.465 e. The van der Waals surface area contributed by atoms with Gasteiger partial charge in [-0.1, -0.05) is 0 Å². The molecule has 2 atom stereocenters. The van der Waals surface area contributed by atoms with E-state index in [2.05, 4.69) is 10.1 Å². The van der Waals surface area contributed by atoms with E-state index < -0.39 is 6.09 Å². The van der Waals surface area contributed by atoms with Gasteiger partial charge in [0.2, 0.25) is 0 Å². The van der Waals surface area contributed by atoms with E-state index in [-0.39, 0.29) is 24.5 Å². The van der Waals surface area contributed by atoms with Gasteiger partial charge in [-0.15, -0.1) is 0 Å². The lowest BCUT2D eigenvalue weighted by molar-refractivity contribution is -0.140. The number of nitrogens with one attached hydrogen (secondary N) is 1. The third-order valence-electron chi connectivity index (χ3n) is 1.69. The second kappa shape index (κ2) is 2.77. The Labute approximate surface area is 63.3 Å². The molecule has 0 aromatic carbocycles. The monoisotopic (exact) mass is 159 g/mol. The molecule has 1 heterocycles. The summed E-state index contributed by atoms with van der Waals surface area (Å²) in [7, 11) is 0. The van der Waals surface area contributed by atoms with Crippen molar-refractivity contribution >= 4 is 12.1 Å². The molecule has 0 spiro atoms. The maximum absolute atomic E-state index is 10.7. The van der Waals surface area contributed by atoms with E-state index in [0.717, 1.165) is 0 Å². The van der Waals surface area contributed by atoms with E-state index in [1.165, 1.54) is 0 Å². The average Bonchev–Trinajstić information content (AvgIpc) is 2.18. The Morgan fingerprint density at radius 2 is 2.45 bits per heavy atom. The Bertz CT molecular complexity index is 191. The summed E-state index contributed by atoms with van der Waals surface area (Å²) in [5.74, 6) is -0.713. The smallest absolute Gasteiger partial charge is 0.405 e. The van der Waals surface area contributed by atoms with Gasteiger partial charge in [-0.2, -0.15) is 0 Å². The quantitative estimate of drug-likeness (QED) is 0.520. The van der Waals surface area contributed by atoms with Gasteiger partial charge in [0.25, 0.3) is 0 Å². The van der Waals surface area contributed by atoms with Crippen LogP contribution in [0.3, 0.4) is 0 Å². The van der Waals surface area contributed by atoms with E-state index in [4.69, 9.17) is 5.11 Å². The third kappa shape index (κ3) is 1.60. The molecule has 5 nitrogen and oxygen atoms in total. The van der Waals surface area contributed by atoms with Crippen LogP contribution in [0.4, 0.5) is 4.79 Å². The summed E-state index contributed by atoms with van der Waals surface area (Å²) in [6, 6.07) is -0.389. The number of hydrogen-bond acceptors (Lipinski definition) is 3. The van der Waals surface area contributed by atoms with Crippen LogP contribution in [0, 0.1) is 5.92 Å². The van der Waals surface area contributed by atoms with Crippen molar-refractivity contribution in [2.24, 2.45) is 5.92 Å². The molecule has 2 N–H and O–H groups in total. The Hall–Kier alpha value is -1.26. The van der Waals surface area contributed by atoms with Crippen molar-refractivity contribution in [2.75, 3.05) is 6.61 Å². The molecule has 1 aliphatic heterocycles. The molecule has 0 unspecified atom stereocenters. The number of rotatable bonds is 1. The van der Waals surface area contributed by atoms with Crippen LogP contribution in [0.15, 0.2) is 0 Å². The minimum atomic E-state index is -1.12. The summed E-state index contributed by atoms with van der Waals surface area (Å²) in [6.07, 6.45) is -1.12. The van der Waals surface area contributed by atoms with Crippen LogP contribution in [-0.4, -0.2) is 29.8 Å². The molecule has 0 radical (unpaired) electrons. The lowest BCUT2D eigenvalue weighted by Gasteiger charge is -2.08. The van der Waals surface area contributed by atoms with Gasteiger partial charge in [0.05, 0.1) is 12.0 Å². The summed E-state index contributed by atoms with van der Waals surface area (Å²) >= 11 is 0. The summed E-state index contributed by atoms with van der Waals surface area (Å²) in [5, 5.41) is 10.5. The number of hydrogen-bond donors (Lipinski definition) is 2. The molecule has 1 rings (SSSR count). The molecule has 0 aliphatic carbocycles. The lowest BCUT2D eigenvalue weighted by atomic mass is 10.1. The van der Waals surface area contributed by atoms with Crippen molar-refractivity contribution in [3.8, 4) is 0 Å². The zero-order chi connectivity index (χ0) is 8.43. The van der Waals surface area contributed by atoms with Crippen LogP contribution in [0.2, 0.25) is 0 Å². The summed E-state index contributed by atoms with van der Waals surface area (Å²) < 4.78 is 4.61. The molecule has 1 fully saturated rings. The van der Waals surface area contributed by atoms with Gasteiger partial charge in [0.1, 0.15) is 6.61 Å². The summed E-state index contributed by atoms with van der Waals surface area (Å²) in [4.78, 5) is 20.8. The number of cyclic esters (lactones) is 1. The Morgan fingerprint density at radius 1 is 1.82 bits per heavy atom. The van der Waals surface area contributed by atoms with Crippen LogP contribution in [0.25, 0.3) is 0 Å². The number of carboxylic acid groups (broad SMARTS) is 1. The normalized spacial score (nSPS) is 29.7. The lowest BCUT2D eigenvalue weighted by Crippen LogP contribution is -2.38. The fourth-order valence-corrected chi connectivity index (χ4v) is 0.937. The van der Waals surface area contributed by atoms with Gasteiger partial charge in [-0.05, 0) is 6.92 Å². The fourth-order valence-electron chi connectivity index (χ4n) is 0.937. The van der Waals surface area contributed by atoms with Crippen LogP contribution < -0.4 is 5.32 Å². The minimum absolute atomic E-state index is 0.145. The highest BCUT2D eigenvalue weighted by Gasteiger charge is 2.33. The van der Waals surface area contributed by atoms with Crippen molar-refractivity contribution < 1.29 is 19.4 Å². The van der Waals surface area contributed by atoms with Gasteiger partial charge in [-0.25, -0.2) is 4.79 Å². The zero-order valence-corrected chi connectivity index (χ0v) is 6.03. The summed E-state index contributed by atoms with van der Waals surface area (Å²) in [6.45, 7) is 1.78. The predicted molar refractivity (Wildman–Crippen MR) is 35.1 cm³/mol. The first-order chi connectivity index (χ1) is 5.11. The van der Waals surface area contributed by atoms with Crippen molar-refractivity contribution in [3.05, 3.63) is 0 Å². The number of amides is 1. The third-order valence-corrected chi connectivity index (χ3v) is 1.69. The van der Waals surface area contributed by atoms with E-state index in [9.17, 15) is 9.59 Å². The SMILES string of the molecule is C[C@H]1C(=O)OC[C@@H]1NC(=O)O. The van der Waals surface area contributed by atoms with Gasteiger partial charge in [0, 0.05) is 0 Å². The van der Waals surface area contributed by atoms with Gasteiger partial charge in [-0.3, -0.25) is 4.79 Å². The number of ether oxygens (including phenoxy) is 1. The molecule has 1 aliphatic rings. The summed E-state index contributed by atoms with van der Waals surface area (Å²) in [5.41, 5.74) is 0. The number of esters is 1. The first kappa shape index (κ1) is 7.84. The van der Waals surface area contributed by atoms with E-state index in [1.807, 2.05) is 0 Å². The molecule has 0 aromatic heterocycles. The molecule has 1 saturated heterocycles. The van der Waals surface area contributed by atoms with Crippen molar-refractivity contribution in [3.63, 3.8) is 0 Å². The fraction of sp³-hybridized carbons (Fsp3) is 0.667. The van der Waals surface area contributed by atoms with E-state index in [1.54, 1.807) is 6.92 Å². The topological polar surface area (TPSA) is 75.6 Å². The van der Waals surface area contributed by atoms with Crippen LogP contribution >= 0.6 is 0 Å². The molecular formula is C6H9NO4. The highest BCUT2D eigenvalue weighted by Crippen LogP contribution is 2.13. The molecule has 11 heavy (non-hydrogen) atoms. The number of carbonyl (C=O) groups excluding carboxylic acids is 1. The van der Waals surface area contributed by atoms with Crippen molar-refractivity contribution in [1.29, 1.82) is 0 Å². The maximum atomic E-state index is 10.7. The molecule has 0 bridgehead atoms. The van der Waals surface area contributed by atoms with Crippen LogP contribution in [-0.2, 0) is 9.53 Å². The van der Waals surface area contributed by atoms with Gasteiger partial charge >= 0.3 is 12.1 Å². The van der Waals surface area contributed by atoms with E-state index >= 15 is 0 Å². The molecule has 0 aromatic rings. The standard InChI is InChI=1S/C6H9NO4/c1-3-4(7-6(9)10)2-11-5(3)8/h3-4,7H,2H2,1H3,(H,9,10)/t3-,4+/m1/s1. The molecular weight excluding hydrogens is 150 g/mol. The highest BCUT2D eigenvalue weighted by molar-refractivity contribution is 5.76. The van der Waals surface area contributed by atoms with E-state index in [0.29, 0.717) is 0 Å². The first-order valence-electron chi connectivity index (χ1n) is 3.27. The highest BCUT2D eigenvalue weighted by atomic mass is 16.5. The Kier molecular flexibility index (Phi) is 1.98. The Balaban J connectivity index is 2.48. The van der Waals surface area contributed by atoms with Crippen LogP contribution in [0.5, 0.6) is 0 Å². The predicted octanol–water partition coefficient (Wildman–Crippen LogP) is -0.185. The van der Waals surface area contributed by atoms with Gasteiger partial charge in [0.15, 0.2) is 0 Å². The number of carbonyl (C=O) groups is 2. The molecule has 5 heteroatoms. The van der Waals surface area contributed by atoms with Crippen LogP contribution in [0.1, 0.15) is 6.92 Å². The average molecular weight is 159 g/mol. The van der Waals surface area contributed by atoms with Gasteiger partial charge < -0.3 is 15.2 Å². The second-order valence-corrected chi connectivity index (χ2v) is 2.47. The first-order valence-corrected chi connectivity index (χ1v) is 3.27. The maximum Gasteiger partial charge on any atom is 0.405 e. The molecule has 1 amide bonds. The molecule has 0 saturated carbocycles.